The second kappa shape index (κ2) is 6.97. The van der Waals surface area contributed by atoms with Gasteiger partial charge in [-0.25, -0.2) is 0 Å². The summed E-state index contributed by atoms with van der Waals surface area (Å²) in [5.41, 5.74) is 7.36. The van der Waals surface area contributed by atoms with Gasteiger partial charge < -0.3 is 10.8 Å². The molecule has 1 amide bonds. The zero-order chi connectivity index (χ0) is 18.0. The minimum atomic E-state index is -0.591. The van der Waals surface area contributed by atoms with Crippen molar-refractivity contribution in [3.05, 3.63) is 39.1 Å². The van der Waals surface area contributed by atoms with E-state index < -0.39 is 5.91 Å². The van der Waals surface area contributed by atoms with E-state index in [0.717, 1.165) is 0 Å². The maximum atomic E-state index is 12.2. The van der Waals surface area contributed by atoms with E-state index in [-0.39, 0.29) is 22.9 Å². The molecule has 0 saturated carbocycles. The van der Waals surface area contributed by atoms with Crippen molar-refractivity contribution in [2.45, 2.75) is 33.6 Å². The summed E-state index contributed by atoms with van der Waals surface area (Å²) in [6.45, 7) is 4.67. The molecule has 0 radical (unpaired) electrons. The Balaban J connectivity index is 2.93. The molecule has 6 heteroatoms. The predicted octanol–water partition coefficient (Wildman–Crippen LogP) is 3.58. The van der Waals surface area contributed by atoms with Crippen molar-refractivity contribution in [2.24, 2.45) is 5.73 Å². The molecule has 2 rings (SSSR count). The van der Waals surface area contributed by atoms with Gasteiger partial charge in [-0.1, -0.05) is 13.3 Å². The number of amides is 1. The second-order valence-corrected chi connectivity index (χ2v) is 6.48. The molecule has 1 heterocycles. The van der Waals surface area contributed by atoms with Gasteiger partial charge in [0, 0.05) is 22.3 Å². The molecule has 0 fully saturated rings. The Morgan fingerprint density at radius 2 is 1.79 bits per heavy atom. The molecule has 5 nitrogen and oxygen atoms in total. The molecule has 3 N–H and O–H groups in total. The van der Waals surface area contributed by atoms with Crippen molar-refractivity contribution in [2.75, 3.05) is 0 Å². The van der Waals surface area contributed by atoms with Crippen LogP contribution in [0, 0.1) is 0 Å². The van der Waals surface area contributed by atoms with Crippen LogP contribution >= 0.6 is 11.3 Å². The minimum absolute atomic E-state index is 0.114. The zero-order valence-electron chi connectivity index (χ0n) is 13.8. The predicted molar refractivity (Wildman–Crippen MR) is 93.9 cm³/mol. The van der Waals surface area contributed by atoms with Crippen molar-refractivity contribution in [3.63, 3.8) is 0 Å². The number of benzene rings is 1. The average molecular weight is 345 g/mol. The second-order valence-electron chi connectivity index (χ2n) is 5.56. The van der Waals surface area contributed by atoms with Gasteiger partial charge in [-0.05, 0) is 37.8 Å². The van der Waals surface area contributed by atoms with Crippen LogP contribution in [0.15, 0.2) is 17.5 Å². The minimum Gasteiger partial charge on any atom is -0.507 e. The molecular formula is C18H19NO4S. The Kier molecular flexibility index (Phi) is 5.19. The third-order valence-corrected chi connectivity index (χ3v) is 4.75. The highest BCUT2D eigenvalue weighted by molar-refractivity contribution is 7.12. The Morgan fingerprint density at radius 1 is 1.17 bits per heavy atom. The van der Waals surface area contributed by atoms with Crippen molar-refractivity contribution >= 4 is 28.8 Å². The topological polar surface area (TPSA) is 97.5 Å². The van der Waals surface area contributed by atoms with E-state index in [0.29, 0.717) is 40.0 Å². The molecule has 0 saturated heterocycles. The standard InChI is InChI=1S/C18H19NO4S/c1-4-5-11-15(12-6-7-24-17(12)18(19)23)13(9(2)20)8-14(10(3)21)16(11)22/h6-8,22H,4-5H2,1-3H3,(H2,19,23). The van der Waals surface area contributed by atoms with Gasteiger partial charge in [-0.15, -0.1) is 11.3 Å². The van der Waals surface area contributed by atoms with Gasteiger partial charge in [0.15, 0.2) is 11.6 Å². The molecule has 126 valence electrons. The number of carbonyl (C=O) groups excluding carboxylic acids is 3. The lowest BCUT2D eigenvalue weighted by molar-refractivity contribution is 0.0994. The molecule has 1 aromatic carbocycles. The SMILES string of the molecule is CCCc1c(O)c(C(C)=O)cc(C(C)=O)c1-c1ccsc1C(N)=O. The Bertz CT molecular complexity index is 836. The van der Waals surface area contributed by atoms with Crippen LogP contribution in [0.25, 0.3) is 11.1 Å². The maximum Gasteiger partial charge on any atom is 0.259 e. The number of hydrogen-bond acceptors (Lipinski definition) is 5. The first kappa shape index (κ1) is 17.9. The fraction of sp³-hybridized carbons (Fsp3) is 0.278. The number of phenols is 1. The number of ketones is 2. The van der Waals surface area contributed by atoms with Crippen LogP contribution in [0.4, 0.5) is 0 Å². The van der Waals surface area contributed by atoms with Crippen LogP contribution in [-0.4, -0.2) is 22.6 Å². The van der Waals surface area contributed by atoms with Gasteiger partial charge in [0.25, 0.3) is 5.91 Å². The van der Waals surface area contributed by atoms with Crippen LogP contribution in [-0.2, 0) is 6.42 Å². The molecule has 0 spiro atoms. The lowest BCUT2D eigenvalue weighted by Gasteiger charge is -2.17. The maximum absolute atomic E-state index is 12.2. The quantitative estimate of drug-likeness (QED) is 0.782. The van der Waals surface area contributed by atoms with Crippen molar-refractivity contribution in [1.29, 1.82) is 0 Å². The normalized spacial score (nSPS) is 10.6. The molecule has 0 aliphatic carbocycles. The summed E-state index contributed by atoms with van der Waals surface area (Å²) < 4.78 is 0. The highest BCUT2D eigenvalue weighted by Gasteiger charge is 2.25. The van der Waals surface area contributed by atoms with E-state index >= 15 is 0 Å². The van der Waals surface area contributed by atoms with Crippen molar-refractivity contribution in [3.8, 4) is 16.9 Å². The number of hydrogen-bond donors (Lipinski definition) is 2. The summed E-state index contributed by atoms with van der Waals surface area (Å²) in [7, 11) is 0. The Hall–Kier alpha value is -2.47. The summed E-state index contributed by atoms with van der Waals surface area (Å²) in [6.07, 6.45) is 1.17. The first-order chi connectivity index (χ1) is 11.3. The summed E-state index contributed by atoms with van der Waals surface area (Å²) in [6, 6.07) is 3.11. The monoisotopic (exact) mass is 345 g/mol. The van der Waals surface area contributed by atoms with E-state index in [4.69, 9.17) is 5.73 Å². The highest BCUT2D eigenvalue weighted by Crippen LogP contribution is 2.40. The Labute approximate surface area is 144 Å². The van der Waals surface area contributed by atoms with Crippen LogP contribution < -0.4 is 5.73 Å². The molecule has 0 bridgehead atoms. The lowest BCUT2D eigenvalue weighted by Crippen LogP contribution is -2.12. The molecule has 1 aromatic heterocycles. The summed E-state index contributed by atoms with van der Waals surface area (Å²) >= 11 is 1.18. The van der Waals surface area contributed by atoms with Gasteiger partial charge in [0.05, 0.1) is 10.4 Å². The van der Waals surface area contributed by atoms with E-state index in [1.54, 1.807) is 11.4 Å². The molecule has 24 heavy (non-hydrogen) atoms. The molecule has 0 aliphatic heterocycles. The smallest absolute Gasteiger partial charge is 0.259 e. The summed E-state index contributed by atoms with van der Waals surface area (Å²) in [5.74, 6) is -1.29. The molecule has 0 aliphatic rings. The number of carbonyl (C=O) groups is 3. The zero-order valence-corrected chi connectivity index (χ0v) is 14.6. The number of aromatic hydroxyl groups is 1. The highest BCUT2D eigenvalue weighted by atomic mass is 32.1. The van der Waals surface area contributed by atoms with Gasteiger partial charge >= 0.3 is 0 Å². The van der Waals surface area contributed by atoms with Crippen LogP contribution in [0.3, 0.4) is 0 Å². The molecule has 0 atom stereocenters. The largest absolute Gasteiger partial charge is 0.507 e. The van der Waals surface area contributed by atoms with Gasteiger partial charge in [0.2, 0.25) is 0 Å². The van der Waals surface area contributed by atoms with E-state index in [1.165, 1.54) is 31.3 Å². The molecule has 0 unspecified atom stereocenters. The van der Waals surface area contributed by atoms with Crippen LogP contribution in [0.5, 0.6) is 5.75 Å². The van der Waals surface area contributed by atoms with Crippen LogP contribution in [0.1, 0.15) is 63.1 Å². The van der Waals surface area contributed by atoms with Crippen LogP contribution in [0.2, 0.25) is 0 Å². The fourth-order valence-electron chi connectivity index (χ4n) is 2.77. The first-order valence-corrected chi connectivity index (χ1v) is 8.45. The van der Waals surface area contributed by atoms with Crippen molar-refractivity contribution in [1.82, 2.24) is 0 Å². The number of thiophene rings is 1. The number of phenolic OH excluding ortho intramolecular Hbond substituents is 1. The Morgan fingerprint density at radius 3 is 2.29 bits per heavy atom. The van der Waals surface area contributed by atoms with Gasteiger partial charge in [-0.3, -0.25) is 14.4 Å². The van der Waals surface area contributed by atoms with Crippen molar-refractivity contribution < 1.29 is 19.5 Å². The fourth-order valence-corrected chi connectivity index (χ4v) is 3.53. The summed E-state index contributed by atoms with van der Waals surface area (Å²) in [4.78, 5) is 36.0. The van der Waals surface area contributed by atoms with Gasteiger partial charge in [0.1, 0.15) is 5.75 Å². The van der Waals surface area contributed by atoms with E-state index in [9.17, 15) is 19.5 Å². The first-order valence-electron chi connectivity index (χ1n) is 7.57. The third kappa shape index (κ3) is 3.10. The number of nitrogens with two attached hydrogens (primary N) is 1. The average Bonchev–Trinajstić information content (AvgIpc) is 2.97. The number of Topliss-reactive ketones (excluding diaryl/α,β-unsaturated/α-hetero) is 2. The number of primary amides is 1. The lowest BCUT2D eigenvalue weighted by atomic mass is 9.87. The molecule has 2 aromatic rings. The third-order valence-electron chi connectivity index (χ3n) is 3.82. The van der Waals surface area contributed by atoms with E-state index in [1.807, 2.05) is 6.92 Å². The molecular weight excluding hydrogens is 326 g/mol. The van der Waals surface area contributed by atoms with Gasteiger partial charge in [-0.2, -0.15) is 0 Å². The number of rotatable bonds is 6. The summed E-state index contributed by atoms with van der Waals surface area (Å²) in [5, 5.41) is 12.3. The van der Waals surface area contributed by atoms with E-state index in [2.05, 4.69) is 0 Å².